The maximum Gasteiger partial charge on any atom is 0.397 e. The van der Waals surface area contributed by atoms with E-state index in [-0.39, 0.29) is 59.9 Å². The lowest BCUT2D eigenvalue weighted by Crippen LogP contribution is -2.69. The van der Waals surface area contributed by atoms with E-state index >= 15 is 0 Å². The van der Waals surface area contributed by atoms with Crippen molar-refractivity contribution < 1.29 is 37.6 Å². The maximum absolute atomic E-state index is 11.7. The van der Waals surface area contributed by atoms with Crippen LogP contribution >= 0.6 is 0 Å². The quantitative estimate of drug-likeness (QED) is 0.242. The molecule has 4 fully saturated rings. The molecule has 5 N–H and O–H groups in total. The standard InChI is InChI=1S/C28H48O8S/c1-16(18(3)15-36-37(33,34)35)6-7-17(2)22-13-23(30)25-20-12-24(31)28(32)14-19(29)8-11-27(28,5)21(20)9-10-26(22,25)4/h6-7,16-25,29-32H,8-15H2,1-5H3,(H,33,34,35). The minimum absolute atomic E-state index is 0.0441. The van der Waals surface area contributed by atoms with Crippen LogP contribution in [0.1, 0.15) is 79.6 Å². The average Bonchev–Trinajstić information content (AvgIpc) is 3.08. The number of fused-ring (bicyclic) bond motifs is 5. The van der Waals surface area contributed by atoms with E-state index in [0.717, 1.165) is 12.8 Å². The van der Waals surface area contributed by atoms with Gasteiger partial charge in [-0.1, -0.05) is 46.8 Å². The van der Waals surface area contributed by atoms with E-state index in [0.29, 0.717) is 25.7 Å². The number of allylic oxidation sites excluding steroid dienone is 2. The molecule has 4 rings (SSSR count). The number of hydrogen-bond acceptors (Lipinski definition) is 7. The maximum atomic E-state index is 11.7. The van der Waals surface area contributed by atoms with E-state index in [1.165, 1.54) is 0 Å². The first-order valence-electron chi connectivity index (χ1n) is 14.1. The van der Waals surface area contributed by atoms with E-state index in [4.69, 9.17) is 4.55 Å². The number of aliphatic hydroxyl groups excluding tert-OH is 3. The molecule has 4 aliphatic rings. The minimum atomic E-state index is -4.45. The first-order valence-corrected chi connectivity index (χ1v) is 15.5. The minimum Gasteiger partial charge on any atom is -0.393 e. The van der Waals surface area contributed by atoms with Gasteiger partial charge in [-0.15, -0.1) is 0 Å². The van der Waals surface area contributed by atoms with Gasteiger partial charge in [-0.25, -0.2) is 4.18 Å². The monoisotopic (exact) mass is 544 g/mol. The van der Waals surface area contributed by atoms with E-state index in [1.807, 2.05) is 13.8 Å². The Hall–Kier alpha value is -0.550. The predicted octanol–water partition coefficient (Wildman–Crippen LogP) is 3.35. The van der Waals surface area contributed by atoms with E-state index < -0.39 is 39.7 Å². The van der Waals surface area contributed by atoms with Crippen LogP contribution < -0.4 is 0 Å². The van der Waals surface area contributed by atoms with Gasteiger partial charge in [0.1, 0.15) is 0 Å². The molecular formula is C28H48O8S. The van der Waals surface area contributed by atoms with Crippen molar-refractivity contribution >= 4 is 10.4 Å². The summed E-state index contributed by atoms with van der Waals surface area (Å²) >= 11 is 0. The Labute approximate surface area is 222 Å². The lowest BCUT2D eigenvalue weighted by atomic mass is 9.42. The molecule has 0 heterocycles. The van der Waals surface area contributed by atoms with Gasteiger partial charge < -0.3 is 20.4 Å². The van der Waals surface area contributed by atoms with Gasteiger partial charge in [0.15, 0.2) is 0 Å². The molecular weight excluding hydrogens is 496 g/mol. The third-order valence-corrected chi connectivity index (χ3v) is 12.1. The summed E-state index contributed by atoms with van der Waals surface area (Å²) < 4.78 is 35.2. The molecule has 0 radical (unpaired) electrons. The topological polar surface area (TPSA) is 145 Å². The Bertz CT molecular complexity index is 969. The highest BCUT2D eigenvalue weighted by Crippen LogP contribution is 2.69. The fourth-order valence-electron chi connectivity index (χ4n) is 9.21. The van der Waals surface area contributed by atoms with Crippen molar-refractivity contribution in [2.45, 2.75) is 103 Å². The van der Waals surface area contributed by atoms with Gasteiger partial charge in [0, 0.05) is 11.8 Å². The molecule has 0 spiro atoms. The highest BCUT2D eigenvalue weighted by atomic mass is 32.3. The summed E-state index contributed by atoms with van der Waals surface area (Å²) in [6.45, 7) is 10.4. The third kappa shape index (κ3) is 5.07. The molecule has 4 aliphatic carbocycles. The Morgan fingerprint density at radius 2 is 1.70 bits per heavy atom. The molecule has 13 unspecified atom stereocenters. The van der Waals surface area contributed by atoms with E-state index in [1.54, 1.807) is 0 Å². The van der Waals surface area contributed by atoms with Crippen molar-refractivity contribution in [1.29, 1.82) is 0 Å². The van der Waals surface area contributed by atoms with Crippen LogP contribution in [0.4, 0.5) is 0 Å². The van der Waals surface area contributed by atoms with Gasteiger partial charge in [0.05, 0.1) is 30.5 Å². The summed E-state index contributed by atoms with van der Waals surface area (Å²) in [5.41, 5.74) is -1.85. The van der Waals surface area contributed by atoms with Crippen LogP contribution in [0.2, 0.25) is 0 Å². The zero-order valence-electron chi connectivity index (χ0n) is 23.0. The third-order valence-electron chi connectivity index (χ3n) is 11.6. The van der Waals surface area contributed by atoms with Crippen LogP contribution in [-0.2, 0) is 14.6 Å². The number of rotatable bonds is 7. The van der Waals surface area contributed by atoms with Crippen LogP contribution in [0.15, 0.2) is 12.2 Å². The molecule has 0 aromatic rings. The second-order valence-corrected chi connectivity index (χ2v) is 14.6. The lowest BCUT2D eigenvalue weighted by Gasteiger charge is -2.65. The van der Waals surface area contributed by atoms with Crippen molar-refractivity contribution in [2.75, 3.05) is 6.61 Å². The molecule has 214 valence electrons. The molecule has 0 saturated heterocycles. The van der Waals surface area contributed by atoms with Crippen LogP contribution in [0, 0.1) is 52.3 Å². The molecule has 8 nitrogen and oxygen atoms in total. The van der Waals surface area contributed by atoms with Gasteiger partial charge in [0.2, 0.25) is 0 Å². The van der Waals surface area contributed by atoms with Gasteiger partial charge in [-0.3, -0.25) is 4.55 Å². The van der Waals surface area contributed by atoms with E-state index in [9.17, 15) is 28.8 Å². The summed E-state index contributed by atoms with van der Waals surface area (Å²) in [6, 6.07) is 0. The highest BCUT2D eigenvalue weighted by Gasteiger charge is 2.68. The van der Waals surface area contributed by atoms with Gasteiger partial charge in [-0.05, 0) is 85.4 Å². The van der Waals surface area contributed by atoms with Gasteiger partial charge >= 0.3 is 10.4 Å². The van der Waals surface area contributed by atoms with Crippen molar-refractivity contribution in [3.8, 4) is 0 Å². The summed E-state index contributed by atoms with van der Waals surface area (Å²) in [4.78, 5) is 0. The fraction of sp³-hybridized carbons (Fsp3) is 0.929. The van der Waals surface area contributed by atoms with Crippen LogP contribution in [0.3, 0.4) is 0 Å². The average molecular weight is 545 g/mol. The summed E-state index contributed by atoms with van der Waals surface area (Å²) in [6.07, 6.45) is 6.88. The van der Waals surface area contributed by atoms with Crippen LogP contribution in [0.25, 0.3) is 0 Å². The number of aliphatic hydroxyl groups is 4. The fourth-order valence-corrected chi connectivity index (χ4v) is 9.60. The van der Waals surface area contributed by atoms with Crippen molar-refractivity contribution in [3.05, 3.63) is 12.2 Å². The largest absolute Gasteiger partial charge is 0.397 e. The Balaban J connectivity index is 1.51. The molecule has 0 amide bonds. The summed E-state index contributed by atoms with van der Waals surface area (Å²) in [5.74, 6) is 0.786. The molecule has 0 aromatic carbocycles. The van der Waals surface area contributed by atoms with Crippen molar-refractivity contribution in [3.63, 3.8) is 0 Å². The van der Waals surface area contributed by atoms with Crippen LogP contribution in [0.5, 0.6) is 0 Å². The molecule has 13 atom stereocenters. The first kappa shape index (κ1) is 29.4. The summed E-state index contributed by atoms with van der Waals surface area (Å²) in [7, 11) is -4.45. The molecule has 37 heavy (non-hydrogen) atoms. The Morgan fingerprint density at radius 1 is 1.03 bits per heavy atom. The highest BCUT2D eigenvalue weighted by molar-refractivity contribution is 7.80. The molecule has 0 bridgehead atoms. The molecule has 9 heteroatoms. The second kappa shape index (κ2) is 10.1. The molecule has 4 saturated carbocycles. The van der Waals surface area contributed by atoms with Gasteiger partial charge in [-0.2, -0.15) is 8.42 Å². The normalized spacial score (nSPS) is 48.6. The first-order chi connectivity index (χ1) is 17.0. The number of hydrogen-bond donors (Lipinski definition) is 5. The van der Waals surface area contributed by atoms with Gasteiger partial charge in [0.25, 0.3) is 0 Å². The van der Waals surface area contributed by atoms with Crippen LogP contribution in [-0.4, -0.2) is 63.9 Å². The second-order valence-electron chi connectivity index (χ2n) is 13.5. The predicted molar refractivity (Wildman–Crippen MR) is 140 cm³/mol. The Morgan fingerprint density at radius 3 is 2.35 bits per heavy atom. The molecule has 0 aromatic heterocycles. The molecule has 0 aliphatic heterocycles. The summed E-state index contributed by atoms with van der Waals surface area (Å²) in [5, 5.41) is 44.6. The zero-order chi connectivity index (χ0) is 27.6. The van der Waals surface area contributed by atoms with Crippen molar-refractivity contribution in [2.24, 2.45) is 52.3 Å². The Kier molecular flexibility index (Phi) is 8.06. The zero-order valence-corrected chi connectivity index (χ0v) is 23.8. The van der Waals surface area contributed by atoms with Crippen molar-refractivity contribution in [1.82, 2.24) is 0 Å². The SMILES string of the molecule is CC(C=CC(C)C1CC(O)C2C3CC(O)C4(O)CC(O)CCC4(C)C3CCC12C)C(C)COS(=O)(=O)O. The lowest BCUT2D eigenvalue weighted by molar-refractivity contribution is -0.268. The smallest absolute Gasteiger partial charge is 0.393 e. The van der Waals surface area contributed by atoms with E-state index in [2.05, 4.69) is 37.1 Å².